The first-order chi connectivity index (χ1) is 14.5. The van der Waals surface area contributed by atoms with Gasteiger partial charge in [-0.3, -0.25) is 14.8 Å². The van der Waals surface area contributed by atoms with Crippen molar-refractivity contribution >= 4 is 21.4 Å². The van der Waals surface area contributed by atoms with E-state index in [2.05, 4.69) is 15.2 Å². The van der Waals surface area contributed by atoms with E-state index in [0.717, 1.165) is 27.8 Å². The molecule has 0 amide bonds. The summed E-state index contributed by atoms with van der Waals surface area (Å²) in [5.41, 5.74) is 2.24. The van der Waals surface area contributed by atoms with Gasteiger partial charge in [-0.1, -0.05) is 0 Å². The SMILES string of the molecule is COC[C@@H](c1[nH]c(=O)c2sc(-c3cn[nH]c3)c3c2c1CCCO3)N1CCC(F)(F)C1. The van der Waals surface area contributed by atoms with Crippen LogP contribution in [0, 0.1) is 0 Å². The number of aromatic nitrogens is 3. The molecule has 0 unspecified atom stereocenters. The van der Waals surface area contributed by atoms with E-state index in [1.807, 2.05) is 0 Å². The van der Waals surface area contributed by atoms with Gasteiger partial charge in [0.1, 0.15) is 10.4 Å². The van der Waals surface area contributed by atoms with Gasteiger partial charge in [0.05, 0.1) is 36.9 Å². The summed E-state index contributed by atoms with van der Waals surface area (Å²) in [5.74, 6) is -2.05. The summed E-state index contributed by atoms with van der Waals surface area (Å²) in [6, 6.07) is -0.446. The predicted molar refractivity (Wildman–Crippen MR) is 110 cm³/mol. The van der Waals surface area contributed by atoms with Crippen molar-refractivity contribution in [3.05, 3.63) is 34.0 Å². The third-order valence-electron chi connectivity index (χ3n) is 5.82. The first-order valence-electron chi connectivity index (χ1n) is 9.93. The number of likely N-dealkylation sites (tertiary alicyclic amines) is 1. The van der Waals surface area contributed by atoms with Crippen molar-refractivity contribution in [1.29, 1.82) is 0 Å². The average molecular weight is 436 g/mol. The quantitative estimate of drug-likeness (QED) is 0.641. The molecule has 10 heteroatoms. The molecule has 0 spiro atoms. The lowest BCUT2D eigenvalue weighted by Crippen LogP contribution is -2.34. The molecule has 0 bridgehead atoms. The highest BCUT2D eigenvalue weighted by atomic mass is 32.1. The van der Waals surface area contributed by atoms with E-state index < -0.39 is 12.0 Å². The maximum atomic E-state index is 13.9. The van der Waals surface area contributed by atoms with E-state index in [1.165, 1.54) is 11.3 Å². The fourth-order valence-corrected chi connectivity index (χ4v) is 5.62. The second kappa shape index (κ2) is 7.44. The van der Waals surface area contributed by atoms with E-state index in [1.54, 1.807) is 24.4 Å². The first-order valence-corrected chi connectivity index (χ1v) is 10.7. The lowest BCUT2D eigenvalue weighted by molar-refractivity contribution is 0.00124. The van der Waals surface area contributed by atoms with E-state index in [0.29, 0.717) is 29.2 Å². The van der Waals surface area contributed by atoms with Gasteiger partial charge >= 0.3 is 0 Å². The Labute approximate surface area is 175 Å². The molecule has 1 fully saturated rings. The van der Waals surface area contributed by atoms with Crippen molar-refractivity contribution in [2.75, 3.05) is 33.4 Å². The van der Waals surface area contributed by atoms with Crippen molar-refractivity contribution in [2.45, 2.75) is 31.2 Å². The Morgan fingerprint density at radius 2 is 2.33 bits per heavy atom. The maximum absolute atomic E-state index is 13.9. The van der Waals surface area contributed by atoms with Crippen LogP contribution in [0.3, 0.4) is 0 Å². The van der Waals surface area contributed by atoms with Gasteiger partial charge < -0.3 is 14.5 Å². The molecular formula is C20H22F2N4O3S. The van der Waals surface area contributed by atoms with E-state index in [4.69, 9.17) is 9.47 Å². The van der Waals surface area contributed by atoms with Crippen molar-refractivity contribution in [3.63, 3.8) is 0 Å². The van der Waals surface area contributed by atoms with Gasteiger partial charge in [-0.15, -0.1) is 11.3 Å². The minimum atomic E-state index is -2.73. The molecule has 7 nitrogen and oxygen atoms in total. The molecule has 3 aromatic heterocycles. The number of rotatable bonds is 5. The smallest absolute Gasteiger partial charge is 0.266 e. The fraction of sp³-hybridized carbons (Fsp3) is 0.500. The Balaban J connectivity index is 1.71. The van der Waals surface area contributed by atoms with Crippen LogP contribution in [0.25, 0.3) is 20.5 Å². The molecule has 5 heterocycles. The van der Waals surface area contributed by atoms with Gasteiger partial charge in [-0.2, -0.15) is 5.10 Å². The summed E-state index contributed by atoms with van der Waals surface area (Å²) in [6.45, 7) is 0.663. The van der Waals surface area contributed by atoms with Crippen LogP contribution in [0.5, 0.6) is 5.75 Å². The highest BCUT2D eigenvalue weighted by Crippen LogP contribution is 2.47. The number of hydrogen-bond donors (Lipinski definition) is 2. The Bertz CT molecular complexity index is 1130. The molecule has 160 valence electrons. The summed E-state index contributed by atoms with van der Waals surface area (Å²) < 4.78 is 39.9. The third kappa shape index (κ3) is 3.23. The van der Waals surface area contributed by atoms with Gasteiger partial charge in [-0.25, -0.2) is 8.78 Å². The third-order valence-corrected chi connectivity index (χ3v) is 7.04. The summed E-state index contributed by atoms with van der Waals surface area (Å²) in [7, 11) is 1.55. The van der Waals surface area contributed by atoms with Crippen LogP contribution in [0.2, 0.25) is 0 Å². The molecule has 3 aromatic rings. The maximum Gasteiger partial charge on any atom is 0.266 e. The van der Waals surface area contributed by atoms with Crippen LogP contribution in [0.15, 0.2) is 17.2 Å². The van der Waals surface area contributed by atoms with Crippen molar-refractivity contribution in [3.8, 4) is 16.2 Å². The van der Waals surface area contributed by atoms with Crippen LogP contribution in [0.4, 0.5) is 8.78 Å². The molecule has 0 aliphatic carbocycles. The molecule has 5 rings (SSSR count). The van der Waals surface area contributed by atoms with Gasteiger partial charge in [-0.05, 0) is 18.4 Å². The van der Waals surface area contributed by atoms with Gasteiger partial charge in [0.15, 0.2) is 0 Å². The molecule has 0 aromatic carbocycles. The molecule has 0 saturated carbocycles. The standard InChI is InChI=1S/C20H22F2N4O3S/c1-28-9-13(26-5-4-20(21,22)10-26)15-12-3-2-6-29-16-14(12)18(19(27)25-15)30-17(16)11-7-23-24-8-11/h7-8,13H,2-6,9-10H2,1H3,(H,23,24)(H,25,27)/t13-/m0/s1. The Morgan fingerprint density at radius 1 is 1.47 bits per heavy atom. The van der Waals surface area contributed by atoms with Gasteiger partial charge in [0, 0.05) is 42.9 Å². The summed E-state index contributed by atoms with van der Waals surface area (Å²) >= 11 is 1.37. The van der Waals surface area contributed by atoms with Crippen molar-refractivity contribution < 1.29 is 18.3 Å². The Hall–Kier alpha value is -2.30. The average Bonchev–Trinajstić information content (AvgIpc) is 3.40. The molecular weight excluding hydrogens is 414 g/mol. The lowest BCUT2D eigenvalue weighted by Gasteiger charge is -2.28. The molecule has 2 aliphatic rings. The number of aryl methyl sites for hydroxylation is 1. The highest BCUT2D eigenvalue weighted by molar-refractivity contribution is 7.22. The van der Waals surface area contributed by atoms with Crippen LogP contribution >= 0.6 is 11.3 Å². The number of pyridine rings is 1. The van der Waals surface area contributed by atoms with Crippen LogP contribution in [0.1, 0.15) is 30.1 Å². The second-order valence-electron chi connectivity index (χ2n) is 7.80. The molecule has 0 radical (unpaired) electrons. The second-order valence-corrected chi connectivity index (χ2v) is 8.82. The number of aromatic amines is 2. The molecule has 2 aliphatic heterocycles. The largest absolute Gasteiger partial charge is 0.491 e. The topological polar surface area (TPSA) is 83.2 Å². The number of nitrogens with one attached hydrogen (secondary N) is 2. The number of alkyl halides is 2. The predicted octanol–water partition coefficient (Wildman–Crippen LogP) is 3.33. The number of nitrogens with zero attached hydrogens (tertiary/aromatic N) is 2. The number of hydrogen-bond acceptors (Lipinski definition) is 6. The Morgan fingerprint density at radius 3 is 3.03 bits per heavy atom. The monoisotopic (exact) mass is 436 g/mol. The van der Waals surface area contributed by atoms with E-state index >= 15 is 0 Å². The number of methoxy groups -OCH3 is 1. The number of thiophene rings is 1. The minimum absolute atomic E-state index is 0.188. The van der Waals surface area contributed by atoms with Gasteiger partial charge in [0.25, 0.3) is 11.5 Å². The summed E-state index contributed by atoms with van der Waals surface area (Å²) in [6.07, 6.45) is 4.75. The van der Waals surface area contributed by atoms with Crippen LogP contribution in [-0.4, -0.2) is 59.4 Å². The molecule has 1 atom stereocenters. The van der Waals surface area contributed by atoms with E-state index in [9.17, 15) is 13.6 Å². The fourth-order valence-electron chi connectivity index (χ4n) is 4.47. The van der Waals surface area contributed by atoms with Crippen molar-refractivity contribution in [2.24, 2.45) is 0 Å². The number of H-pyrrole nitrogens is 2. The first kappa shape index (κ1) is 19.7. The zero-order valence-corrected chi connectivity index (χ0v) is 17.3. The molecule has 1 saturated heterocycles. The minimum Gasteiger partial charge on any atom is -0.491 e. The summed E-state index contributed by atoms with van der Waals surface area (Å²) in [5, 5.41) is 7.60. The van der Waals surface area contributed by atoms with Crippen LogP contribution in [-0.2, 0) is 11.2 Å². The summed E-state index contributed by atoms with van der Waals surface area (Å²) in [4.78, 5) is 18.6. The number of halogens is 2. The normalized spacial score (nSPS) is 19.7. The lowest BCUT2D eigenvalue weighted by atomic mass is 9.98. The molecule has 2 N–H and O–H groups in total. The van der Waals surface area contributed by atoms with Crippen LogP contribution < -0.4 is 10.3 Å². The van der Waals surface area contributed by atoms with Crippen molar-refractivity contribution in [1.82, 2.24) is 20.1 Å². The highest BCUT2D eigenvalue weighted by Gasteiger charge is 2.42. The van der Waals surface area contributed by atoms with E-state index in [-0.39, 0.29) is 31.7 Å². The zero-order chi connectivity index (χ0) is 20.9. The number of ether oxygens (including phenoxy) is 2. The van der Waals surface area contributed by atoms with Gasteiger partial charge in [0.2, 0.25) is 0 Å². The Kier molecular flexibility index (Phi) is 4.87. The molecule has 30 heavy (non-hydrogen) atoms. The zero-order valence-electron chi connectivity index (χ0n) is 16.5.